The van der Waals surface area contributed by atoms with E-state index in [1.165, 1.54) is 0 Å². The highest BCUT2D eigenvalue weighted by molar-refractivity contribution is 6.12. The fourth-order valence-electron chi connectivity index (χ4n) is 2.59. The number of hydrogen-bond acceptors (Lipinski definition) is 5. The monoisotopic (exact) mass is 364 g/mol. The Hall–Kier alpha value is -3.08. The summed E-state index contributed by atoms with van der Waals surface area (Å²) >= 11 is 0. The zero-order valence-electron chi connectivity index (χ0n) is 15.9. The van der Waals surface area contributed by atoms with Crippen LogP contribution in [0.2, 0.25) is 0 Å². The second kappa shape index (κ2) is 8.54. The van der Waals surface area contributed by atoms with E-state index in [2.05, 4.69) is 11.9 Å². The smallest absolute Gasteiger partial charge is 0.363 e. The normalized spacial score (nSPS) is 14.9. The molecule has 0 bridgehead atoms. The Labute approximate surface area is 159 Å². The zero-order valence-corrected chi connectivity index (χ0v) is 15.9. The molecule has 0 fully saturated rings. The van der Waals surface area contributed by atoms with E-state index >= 15 is 0 Å². The fourth-order valence-corrected chi connectivity index (χ4v) is 2.59. The zero-order chi connectivity index (χ0) is 19.2. The molecule has 0 unspecified atom stereocenters. The van der Waals surface area contributed by atoms with Crippen LogP contribution in [0.15, 0.2) is 59.2 Å². The summed E-state index contributed by atoms with van der Waals surface area (Å²) in [6, 6.07) is 15.3. The van der Waals surface area contributed by atoms with E-state index in [1.807, 2.05) is 67.5 Å². The van der Waals surface area contributed by atoms with E-state index in [0.717, 1.165) is 35.4 Å². The highest BCUT2D eigenvalue weighted by atomic mass is 16.6. The molecular formula is C22H24N2O3. The molecule has 0 atom stereocenters. The van der Waals surface area contributed by atoms with Crippen molar-refractivity contribution in [3.8, 4) is 5.75 Å². The maximum Gasteiger partial charge on any atom is 0.363 e. The number of esters is 1. The number of carbonyl (C=O) groups is 1. The fraction of sp³-hybridized carbons (Fsp3) is 0.273. The van der Waals surface area contributed by atoms with Crippen LogP contribution in [0.4, 0.5) is 5.69 Å². The molecule has 5 heteroatoms. The van der Waals surface area contributed by atoms with E-state index < -0.39 is 5.97 Å². The first-order valence-electron chi connectivity index (χ1n) is 9.10. The lowest BCUT2D eigenvalue weighted by Gasteiger charge is -2.11. The quantitative estimate of drug-likeness (QED) is 0.418. The minimum Gasteiger partial charge on any atom is -0.494 e. The van der Waals surface area contributed by atoms with Crippen LogP contribution in [-0.4, -0.2) is 32.6 Å². The number of carbonyl (C=O) groups excluding carboxylic acids is 1. The Morgan fingerprint density at radius 3 is 2.41 bits per heavy atom. The predicted octanol–water partition coefficient (Wildman–Crippen LogP) is 4.28. The van der Waals surface area contributed by atoms with Crippen molar-refractivity contribution >= 4 is 23.6 Å². The van der Waals surface area contributed by atoms with E-state index in [0.29, 0.717) is 18.2 Å². The molecule has 27 heavy (non-hydrogen) atoms. The first-order valence-corrected chi connectivity index (χ1v) is 9.10. The minimum absolute atomic E-state index is 0.297. The first-order chi connectivity index (χ1) is 13.1. The Bertz CT molecular complexity index is 850. The Morgan fingerprint density at radius 2 is 1.78 bits per heavy atom. The molecule has 3 rings (SSSR count). The summed E-state index contributed by atoms with van der Waals surface area (Å²) in [7, 11) is 3.97. The maximum absolute atomic E-state index is 12.1. The van der Waals surface area contributed by atoms with Crippen LogP contribution in [0.1, 0.15) is 30.9 Å². The second-order valence-corrected chi connectivity index (χ2v) is 6.55. The number of ether oxygens (including phenoxy) is 2. The number of anilines is 1. The summed E-state index contributed by atoms with van der Waals surface area (Å²) < 4.78 is 11.0. The average Bonchev–Trinajstić information content (AvgIpc) is 3.03. The van der Waals surface area contributed by atoms with Gasteiger partial charge in [-0.1, -0.05) is 25.5 Å². The highest BCUT2D eigenvalue weighted by Gasteiger charge is 2.24. The third kappa shape index (κ3) is 4.76. The lowest BCUT2D eigenvalue weighted by molar-refractivity contribution is -0.129. The predicted molar refractivity (Wildman–Crippen MR) is 108 cm³/mol. The Kier molecular flexibility index (Phi) is 5.91. The Morgan fingerprint density at radius 1 is 1.07 bits per heavy atom. The number of unbranched alkanes of at least 4 members (excludes halogenated alkanes) is 1. The van der Waals surface area contributed by atoms with Crippen LogP contribution >= 0.6 is 0 Å². The van der Waals surface area contributed by atoms with Gasteiger partial charge in [0.25, 0.3) is 0 Å². The molecule has 2 aromatic rings. The number of aliphatic imine (C=N–C) groups is 1. The summed E-state index contributed by atoms with van der Waals surface area (Å²) in [6.45, 7) is 2.83. The molecule has 1 heterocycles. The van der Waals surface area contributed by atoms with Gasteiger partial charge in [0.05, 0.1) is 6.61 Å². The van der Waals surface area contributed by atoms with Crippen LogP contribution in [0.25, 0.3) is 6.08 Å². The molecule has 0 N–H and O–H groups in total. The maximum atomic E-state index is 12.1. The SMILES string of the molecule is CCCCOc1ccc(C2=N/C(=C/c3ccc(N(C)C)cc3)C(=O)O2)cc1. The van der Waals surface area contributed by atoms with Crippen LogP contribution in [-0.2, 0) is 9.53 Å². The lowest BCUT2D eigenvalue weighted by Crippen LogP contribution is -2.08. The van der Waals surface area contributed by atoms with Gasteiger partial charge >= 0.3 is 5.97 Å². The molecule has 5 nitrogen and oxygen atoms in total. The van der Waals surface area contributed by atoms with Crippen molar-refractivity contribution in [1.29, 1.82) is 0 Å². The number of benzene rings is 2. The van der Waals surface area contributed by atoms with Gasteiger partial charge in [-0.25, -0.2) is 9.79 Å². The number of nitrogens with zero attached hydrogens (tertiary/aromatic N) is 2. The van der Waals surface area contributed by atoms with Crippen molar-refractivity contribution in [1.82, 2.24) is 0 Å². The molecule has 0 saturated heterocycles. The van der Waals surface area contributed by atoms with E-state index in [1.54, 1.807) is 6.08 Å². The number of cyclic esters (lactones) is 1. The standard InChI is InChI=1S/C22H24N2O3/c1-4-5-14-26-19-12-8-17(9-13-19)21-23-20(22(25)27-21)15-16-6-10-18(11-7-16)24(2)3/h6-13,15H,4-5,14H2,1-3H3/b20-15+. The number of rotatable bonds is 7. The van der Waals surface area contributed by atoms with E-state index in [9.17, 15) is 4.79 Å². The van der Waals surface area contributed by atoms with Gasteiger partial charge in [0.1, 0.15) is 5.75 Å². The summed E-state index contributed by atoms with van der Waals surface area (Å²) in [5, 5.41) is 0. The van der Waals surface area contributed by atoms with Gasteiger partial charge in [-0.3, -0.25) is 0 Å². The molecule has 0 saturated carbocycles. The molecule has 0 radical (unpaired) electrons. The molecule has 0 aliphatic carbocycles. The van der Waals surface area contributed by atoms with Gasteiger partial charge in [-0.05, 0) is 54.5 Å². The van der Waals surface area contributed by atoms with Gasteiger partial charge in [-0.15, -0.1) is 0 Å². The van der Waals surface area contributed by atoms with Gasteiger partial charge < -0.3 is 14.4 Å². The van der Waals surface area contributed by atoms with Gasteiger partial charge in [0, 0.05) is 25.3 Å². The molecule has 2 aromatic carbocycles. The summed E-state index contributed by atoms with van der Waals surface area (Å²) in [5.41, 5.74) is 3.04. The van der Waals surface area contributed by atoms with E-state index in [-0.39, 0.29) is 0 Å². The topological polar surface area (TPSA) is 51.1 Å². The van der Waals surface area contributed by atoms with Crippen molar-refractivity contribution in [3.63, 3.8) is 0 Å². The van der Waals surface area contributed by atoms with Gasteiger partial charge in [-0.2, -0.15) is 0 Å². The average molecular weight is 364 g/mol. The van der Waals surface area contributed by atoms with Crippen LogP contribution < -0.4 is 9.64 Å². The van der Waals surface area contributed by atoms with Gasteiger partial charge in [0.15, 0.2) is 5.70 Å². The third-order valence-electron chi connectivity index (χ3n) is 4.20. The second-order valence-electron chi connectivity index (χ2n) is 6.55. The summed E-state index contributed by atoms with van der Waals surface area (Å²) in [6.07, 6.45) is 3.85. The van der Waals surface area contributed by atoms with Crippen LogP contribution in [0.3, 0.4) is 0 Å². The molecule has 0 aromatic heterocycles. The van der Waals surface area contributed by atoms with Crippen LogP contribution in [0.5, 0.6) is 5.75 Å². The largest absolute Gasteiger partial charge is 0.494 e. The molecule has 0 amide bonds. The minimum atomic E-state index is -0.440. The highest BCUT2D eigenvalue weighted by Crippen LogP contribution is 2.22. The van der Waals surface area contributed by atoms with Crippen molar-refractivity contribution in [2.24, 2.45) is 4.99 Å². The molecule has 1 aliphatic rings. The number of hydrogen-bond donors (Lipinski definition) is 0. The summed E-state index contributed by atoms with van der Waals surface area (Å²) in [5.74, 6) is 0.676. The lowest BCUT2D eigenvalue weighted by atomic mass is 10.1. The van der Waals surface area contributed by atoms with Crippen molar-refractivity contribution in [3.05, 3.63) is 65.4 Å². The van der Waals surface area contributed by atoms with Crippen LogP contribution in [0, 0.1) is 0 Å². The van der Waals surface area contributed by atoms with Crippen molar-refractivity contribution in [2.45, 2.75) is 19.8 Å². The van der Waals surface area contributed by atoms with Crippen molar-refractivity contribution in [2.75, 3.05) is 25.6 Å². The Balaban J connectivity index is 1.73. The molecule has 1 aliphatic heterocycles. The molecule has 0 spiro atoms. The third-order valence-corrected chi connectivity index (χ3v) is 4.20. The van der Waals surface area contributed by atoms with Gasteiger partial charge in [0.2, 0.25) is 5.90 Å². The molecule has 140 valence electrons. The molecular weight excluding hydrogens is 340 g/mol. The van der Waals surface area contributed by atoms with E-state index in [4.69, 9.17) is 9.47 Å². The van der Waals surface area contributed by atoms with Crippen molar-refractivity contribution < 1.29 is 14.3 Å². The first kappa shape index (κ1) is 18.7. The summed E-state index contributed by atoms with van der Waals surface area (Å²) in [4.78, 5) is 18.5.